The van der Waals surface area contributed by atoms with Crippen LogP contribution in [-0.2, 0) is 22.0 Å². The zero-order valence-electron chi connectivity index (χ0n) is 14.5. The van der Waals surface area contributed by atoms with E-state index in [1.807, 2.05) is 0 Å². The van der Waals surface area contributed by atoms with E-state index in [0.717, 1.165) is 49.7 Å². The van der Waals surface area contributed by atoms with Crippen LogP contribution in [0, 0.1) is 5.92 Å². The highest BCUT2D eigenvalue weighted by atomic mass is 32.2. The molecule has 0 atom stereocenters. The van der Waals surface area contributed by atoms with Crippen molar-refractivity contribution in [1.29, 1.82) is 0 Å². The molecule has 2 aliphatic heterocycles. The first-order chi connectivity index (χ1) is 11.5. The maximum Gasteiger partial charge on any atom is 0.212 e. The third-order valence-electron chi connectivity index (χ3n) is 6.28. The first-order valence-electron chi connectivity index (χ1n) is 9.22. The third kappa shape index (κ3) is 2.80. The quantitative estimate of drug-likeness (QED) is 0.899. The Bertz CT molecular complexity index is 685. The number of nitrogens with zero attached hydrogens (tertiary/aromatic N) is 3. The highest BCUT2D eigenvalue weighted by Crippen LogP contribution is 2.43. The van der Waals surface area contributed by atoms with Crippen molar-refractivity contribution in [1.82, 2.24) is 19.2 Å². The van der Waals surface area contributed by atoms with Crippen LogP contribution >= 0.6 is 0 Å². The minimum absolute atomic E-state index is 0.437. The van der Waals surface area contributed by atoms with Gasteiger partial charge in [0.2, 0.25) is 10.0 Å². The Balaban J connectivity index is 1.56. The number of imidazole rings is 1. The van der Waals surface area contributed by atoms with Gasteiger partial charge in [0.1, 0.15) is 0 Å². The van der Waals surface area contributed by atoms with Gasteiger partial charge in [0.05, 0.1) is 23.8 Å². The Kier molecular flexibility index (Phi) is 4.21. The average molecular weight is 353 g/mol. The molecule has 0 bridgehead atoms. The van der Waals surface area contributed by atoms with Crippen LogP contribution in [0.15, 0.2) is 6.33 Å². The molecule has 0 unspecified atom stereocenters. The molecule has 1 aromatic rings. The fraction of sp³-hybridized carbons (Fsp3) is 0.824. The highest BCUT2D eigenvalue weighted by Gasteiger charge is 2.50. The molecule has 1 aromatic heterocycles. The number of H-pyrrole nitrogens is 1. The van der Waals surface area contributed by atoms with Crippen molar-refractivity contribution in [3.05, 3.63) is 17.7 Å². The molecular weight excluding hydrogens is 324 g/mol. The number of hydrogen-bond donors (Lipinski definition) is 1. The van der Waals surface area contributed by atoms with Crippen LogP contribution in [-0.4, -0.2) is 60.0 Å². The lowest BCUT2D eigenvalue weighted by Crippen LogP contribution is -2.58. The number of nitrogens with one attached hydrogen (secondary N) is 1. The van der Waals surface area contributed by atoms with Crippen molar-refractivity contribution in [3.8, 4) is 0 Å². The second-order valence-electron chi connectivity index (χ2n) is 7.80. The summed E-state index contributed by atoms with van der Waals surface area (Å²) in [7, 11) is -3.23. The number of aromatic nitrogens is 2. The predicted octanol–water partition coefficient (Wildman–Crippen LogP) is 1.71. The van der Waals surface area contributed by atoms with Crippen molar-refractivity contribution in [2.75, 3.05) is 32.4 Å². The fourth-order valence-corrected chi connectivity index (χ4v) is 6.42. The van der Waals surface area contributed by atoms with Gasteiger partial charge in [-0.2, -0.15) is 4.31 Å². The van der Waals surface area contributed by atoms with E-state index in [0.29, 0.717) is 6.54 Å². The van der Waals surface area contributed by atoms with Crippen LogP contribution in [0.2, 0.25) is 0 Å². The van der Waals surface area contributed by atoms with E-state index in [1.54, 1.807) is 10.6 Å². The largest absolute Gasteiger partial charge is 0.348 e. The topological polar surface area (TPSA) is 69.3 Å². The number of hydrogen-bond acceptors (Lipinski definition) is 4. The van der Waals surface area contributed by atoms with E-state index >= 15 is 0 Å². The van der Waals surface area contributed by atoms with E-state index in [9.17, 15) is 8.42 Å². The minimum Gasteiger partial charge on any atom is -0.348 e. The Labute approximate surface area is 144 Å². The van der Waals surface area contributed by atoms with Crippen molar-refractivity contribution < 1.29 is 8.42 Å². The first kappa shape index (κ1) is 16.5. The van der Waals surface area contributed by atoms with Gasteiger partial charge in [0, 0.05) is 38.3 Å². The lowest BCUT2D eigenvalue weighted by atomic mass is 9.80. The summed E-state index contributed by atoms with van der Waals surface area (Å²) in [6, 6.07) is 0. The van der Waals surface area contributed by atoms with Crippen LogP contribution < -0.4 is 0 Å². The SMILES string of the molecule is CS(=O)(=O)N1CCc2[nH]cnc2C12CCN(CC1CCCC1)CC2. The average Bonchev–Trinajstić information content (AvgIpc) is 3.20. The zero-order valence-corrected chi connectivity index (χ0v) is 15.3. The molecule has 4 rings (SSSR count). The van der Waals surface area contributed by atoms with Gasteiger partial charge in [0.15, 0.2) is 0 Å². The number of aromatic amines is 1. The van der Waals surface area contributed by atoms with E-state index in [2.05, 4.69) is 14.9 Å². The maximum atomic E-state index is 12.4. The number of sulfonamides is 1. The second kappa shape index (κ2) is 6.11. The maximum absolute atomic E-state index is 12.4. The highest BCUT2D eigenvalue weighted by molar-refractivity contribution is 7.88. The number of rotatable bonds is 3. The molecule has 24 heavy (non-hydrogen) atoms. The van der Waals surface area contributed by atoms with Crippen molar-refractivity contribution >= 4 is 10.0 Å². The van der Waals surface area contributed by atoms with Crippen LogP contribution in [0.25, 0.3) is 0 Å². The van der Waals surface area contributed by atoms with Gasteiger partial charge in [-0.25, -0.2) is 13.4 Å². The van der Waals surface area contributed by atoms with Crippen molar-refractivity contribution in [2.24, 2.45) is 5.92 Å². The van der Waals surface area contributed by atoms with Gasteiger partial charge < -0.3 is 9.88 Å². The molecule has 0 amide bonds. The van der Waals surface area contributed by atoms with Gasteiger partial charge >= 0.3 is 0 Å². The second-order valence-corrected chi connectivity index (χ2v) is 9.70. The van der Waals surface area contributed by atoms with Gasteiger partial charge in [-0.3, -0.25) is 0 Å². The molecule has 0 radical (unpaired) electrons. The molecule has 7 heteroatoms. The van der Waals surface area contributed by atoms with E-state index < -0.39 is 15.6 Å². The number of piperidine rings is 1. The van der Waals surface area contributed by atoms with E-state index in [-0.39, 0.29) is 0 Å². The summed E-state index contributed by atoms with van der Waals surface area (Å²) in [6.45, 7) is 3.68. The monoisotopic (exact) mass is 352 g/mol. The molecule has 1 spiro atoms. The number of likely N-dealkylation sites (tertiary alicyclic amines) is 1. The Morgan fingerprint density at radius 2 is 1.96 bits per heavy atom. The zero-order chi connectivity index (χ0) is 16.8. The summed E-state index contributed by atoms with van der Waals surface area (Å²) in [4.78, 5) is 10.3. The Morgan fingerprint density at radius 3 is 2.62 bits per heavy atom. The fourth-order valence-electron chi connectivity index (χ4n) is 5.09. The van der Waals surface area contributed by atoms with Crippen LogP contribution in [0.3, 0.4) is 0 Å². The summed E-state index contributed by atoms with van der Waals surface area (Å²) in [6.07, 6.45) is 11.0. The first-order valence-corrected chi connectivity index (χ1v) is 11.1. The van der Waals surface area contributed by atoms with E-state index in [4.69, 9.17) is 0 Å². The molecule has 2 fully saturated rings. The summed E-state index contributed by atoms with van der Waals surface area (Å²) >= 11 is 0. The molecule has 1 N–H and O–H groups in total. The molecule has 6 nitrogen and oxygen atoms in total. The Hall–Kier alpha value is -0.920. The molecule has 134 valence electrons. The Morgan fingerprint density at radius 1 is 1.25 bits per heavy atom. The summed E-state index contributed by atoms with van der Waals surface area (Å²) < 4.78 is 26.6. The summed E-state index contributed by atoms with van der Waals surface area (Å²) in [5, 5.41) is 0. The van der Waals surface area contributed by atoms with Crippen LogP contribution in [0.5, 0.6) is 0 Å². The standard InChI is InChI=1S/C17H28N4O2S/c1-24(22,23)21-9-6-15-16(19-13-18-15)17(21)7-10-20(11-8-17)12-14-4-2-3-5-14/h13-14H,2-12H2,1H3,(H,18,19). The summed E-state index contributed by atoms with van der Waals surface area (Å²) in [5.41, 5.74) is 1.66. The minimum atomic E-state index is -3.23. The molecule has 1 saturated carbocycles. The molecule has 1 aliphatic carbocycles. The molecular formula is C17H28N4O2S. The van der Waals surface area contributed by atoms with Gasteiger partial charge in [0.25, 0.3) is 0 Å². The van der Waals surface area contributed by atoms with Crippen molar-refractivity contribution in [3.63, 3.8) is 0 Å². The lowest BCUT2D eigenvalue weighted by Gasteiger charge is -2.49. The predicted molar refractivity (Wildman–Crippen MR) is 93.2 cm³/mol. The van der Waals surface area contributed by atoms with Crippen LogP contribution in [0.4, 0.5) is 0 Å². The van der Waals surface area contributed by atoms with Crippen LogP contribution in [0.1, 0.15) is 49.9 Å². The van der Waals surface area contributed by atoms with E-state index in [1.165, 1.54) is 38.5 Å². The van der Waals surface area contributed by atoms with Crippen molar-refractivity contribution in [2.45, 2.75) is 50.5 Å². The smallest absolute Gasteiger partial charge is 0.212 e. The van der Waals surface area contributed by atoms with Gasteiger partial charge in [-0.15, -0.1) is 0 Å². The molecule has 3 aliphatic rings. The lowest BCUT2D eigenvalue weighted by molar-refractivity contribution is 0.0570. The molecule has 3 heterocycles. The third-order valence-corrected chi connectivity index (χ3v) is 7.61. The molecule has 0 aromatic carbocycles. The van der Waals surface area contributed by atoms with Gasteiger partial charge in [-0.1, -0.05) is 12.8 Å². The number of fused-ring (bicyclic) bond motifs is 2. The normalized spacial score (nSPS) is 26.0. The summed E-state index contributed by atoms with van der Waals surface area (Å²) in [5.74, 6) is 0.845. The molecule has 1 saturated heterocycles. The van der Waals surface area contributed by atoms with Gasteiger partial charge in [-0.05, 0) is 31.6 Å².